The number of piperidine rings is 1. The quantitative estimate of drug-likeness (QED) is 0.866. The van der Waals surface area contributed by atoms with Gasteiger partial charge in [0.15, 0.2) is 5.82 Å². The Labute approximate surface area is 144 Å². The second kappa shape index (κ2) is 8.60. The predicted octanol–water partition coefficient (Wildman–Crippen LogP) is 2.86. The minimum absolute atomic E-state index is 0.0839. The van der Waals surface area contributed by atoms with E-state index >= 15 is 0 Å². The van der Waals surface area contributed by atoms with Crippen LogP contribution in [0.1, 0.15) is 75.4 Å². The average molecular weight is 334 g/mol. The zero-order valence-electron chi connectivity index (χ0n) is 14.8. The summed E-state index contributed by atoms with van der Waals surface area (Å²) in [6.45, 7) is 2.65. The molecule has 2 heterocycles. The predicted molar refractivity (Wildman–Crippen MR) is 91.4 cm³/mol. The highest BCUT2D eigenvalue weighted by molar-refractivity contribution is 5.75. The minimum atomic E-state index is 0.0839. The number of carbonyl (C=O) groups is 1. The SMILES string of the molecule is CN1CCCC(CCC(=O)NCc2nc(C3CCCCC3)no2)C1. The fraction of sp³-hybridized carbons (Fsp3) is 0.833. The minimum Gasteiger partial charge on any atom is -0.347 e. The molecule has 1 saturated heterocycles. The Kier molecular flexibility index (Phi) is 6.24. The van der Waals surface area contributed by atoms with Gasteiger partial charge in [0.05, 0.1) is 6.54 Å². The average Bonchev–Trinajstić information content (AvgIpc) is 3.08. The van der Waals surface area contributed by atoms with E-state index in [1.54, 1.807) is 0 Å². The molecule has 3 rings (SSSR count). The standard InChI is InChI=1S/C18H30N4O2/c1-22-11-5-6-14(13-22)9-10-16(23)19-12-17-20-18(21-24-17)15-7-3-2-4-8-15/h14-15H,2-13H2,1H3,(H,19,23). The maximum absolute atomic E-state index is 12.0. The van der Waals surface area contributed by atoms with Gasteiger partial charge in [0.1, 0.15) is 0 Å². The summed E-state index contributed by atoms with van der Waals surface area (Å²) in [5, 5.41) is 7.02. The lowest BCUT2D eigenvalue weighted by molar-refractivity contribution is -0.121. The number of hydrogen-bond acceptors (Lipinski definition) is 5. The zero-order chi connectivity index (χ0) is 16.8. The Morgan fingerprint density at radius 2 is 2.08 bits per heavy atom. The van der Waals surface area contributed by atoms with E-state index < -0.39 is 0 Å². The van der Waals surface area contributed by atoms with Crippen molar-refractivity contribution in [2.45, 2.75) is 70.3 Å². The van der Waals surface area contributed by atoms with Crippen molar-refractivity contribution in [2.75, 3.05) is 20.1 Å². The van der Waals surface area contributed by atoms with Gasteiger partial charge in [-0.05, 0) is 51.6 Å². The van der Waals surface area contributed by atoms with Crippen LogP contribution in [0.15, 0.2) is 4.52 Å². The lowest BCUT2D eigenvalue weighted by Gasteiger charge is -2.29. The monoisotopic (exact) mass is 334 g/mol. The van der Waals surface area contributed by atoms with Gasteiger partial charge in [-0.15, -0.1) is 0 Å². The third-order valence-electron chi connectivity index (χ3n) is 5.39. The number of carbonyl (C=O) groups excluding carboxylic acids is 1. The van der Waals surface area contributed by atoms with Crippen molar-refractivity contribution >= 4 is 5.91 Å². The molecule has 24 heavy (non-hydrogen) atoms. The zero-order valence-corrected chi connectivity index (χ0v) is 14.8. The molecule has 0 aromatic carbocycles. The van der Waals surface area contributed by atoms with Crippen LogP contribution in [-0.2, 0) is 11.3 Å². The lowest BCUT2D eigenvalue weighted by atomic mass is 9.89. The fourth-order valence-corrected chi connectivity index (χ4v) is 3.97. The molecule has 1 aliphatic heterocycles. The normalized spacial score (nSPS) is 23.3. The molecule has 1 aliphatic carbocycles. The summed E-state index contributed by atoms with van der Waals surface area (Å²) in [4.78, 5) is 18.9. The van der Waals surface area contributed by atoms with E-state index in [-0.39, 0.29) is 5.91 Å². The van der Waals surface area contributed by atoms with Crippen LogP contribution in [0.3, 0.4) is 0 Å². The van der Waals surface area contributed by atoms with Gasteiger partial charge < -0.3 is 14.7 Å². The number of rotatable bonds is 6. The fourth-order valence-electron chi connectivity index (χ4n) is 3.97. The Morgan fingerprint density at radius 3 is 2.88 bits per heavy atom. The number of amides is 1. The largest absolute Gasteiger partial charge is 0.347 e. The topological polar surface area (TPSA) is 71.3 Å². The van der Waals surface area contributed by atoms with E-state index in [0.29, 0.717) is 30.7 Å². The maximum Gasteiger partial charge on any atom is 0.246 e. The summed E-state index contributed by atoms with van der Waals surface area (Å²) in [5.74, 6) is 2.53. The third-order valence-corrected chi connectivity index (χ3v) is 5.39. The molecule has 0 radical (unpaired) electrons. The molecule has 134 valence electrons. The van der Waals surface area contributed by atoms with Crippen LogP contribution >= 0.6 is 0 Å². The Bertz CT molecular complexity index is 525. The van der Waals surface area contributed by atoms with Crippen molar-refractivity contribution in [1.82, 2.24) is 20.4 Å². The Morgan fingerprint density at radius 1 is 1.25 bits per heavy atom. The summed E-state index contributed by atoms with van der Waals surface area (Å²) in [7, 11) is 2.16. The summed E-state index contributed by atoms with van der Waals surface area (Å²) in [5.41, 5.74) is 0. The summed E-state index contributed by atoms with van der Waals surface area (Å²) in [6, 6.07) is 0. The van der Waals surface area contributed by atoms with Gasteiger partial charge in [-0.2, -0.15) is 4.98 Å². The third kappa shape index (κ3) is 5.03. The van der Waals surface area contributed by atoms with Crippen LogP contribution < -0.4 is 5.32 Å². The van der Waals surface area contributed by atoms with Crippen molar-refractivity contribution in [3.05, 3.63) is 11.7 Å². The van der Waals surface area contributed by atoms with Crippen molar-refractivity contribution in [3.63, 3.8) is 0 Å². The lowest BCUT2D eigenvalue weighted by Crippen LogP contribution is -2.33. The van der Waals surface area contributed by atoms with Gasteiger partial charge in [-0.3, -0.25) is 4.79 Å². The molecular formula is C18H30N4O2. The highest BCUT2D eigenvalue weighted by atomic mass is 16.5. The van der Waals surface area contributed by atoms with Gasteiger partial charge >= 0.3 is 0 Å². The highest BCUT2D eigenvalue weighted by Gasteiger charge is 2.21. The van der Waals surface area contributed by atoms with E-state index in [0.717, 1.165) is 31.6 Å². The van der Waals surface area contributed by atoms with E-state index in [1.165, 1.54) is 38.6 Å². The first kappa shape index (κ1) is 17.4. The first-order valence-electron chi connectivity index (χ1n) is 9.48. The van der Waals surface area contributed by atoms with Gasteiger partial charge in [0.2, 0.25) is 11.8 Å². The molecule has 2 aliphatic rings. The van der Waals surface area contributed by atoms with E-state index in [2.05, 4.69) is 27.4 Å². The Balaban J connectivity index is 1.37. The summed E-state index contributed by atoms with van der Waals surface area (Å²) in [6.07, 6.45) is 10.2. The number of aromatic nitrogens is 2. The smallest absolute Gasteiger partial charge is 0.246 e. The Hall–Kier alpha value is -1.43. The van der Waals surface area contributed by atoms with E-state index in [1.807, 2.05) is 0 Å². The number of likely N-dealkylation sites (tertiary alicyclic amines) is 1. The molecule has 1 N–H and O–H groups in total. The molecule has 6 heteroatoms. The molecule has 1 saturated carbocycles. The van der Waals surface area contributed by atoms with Gasteiger partial charge in [0, 0.05) is 18.9 Å². The van der Waals surface area contributed by atoms with Crippen LogP contribution in [0.5, 0.6) is 0 Å². The van der Waals surface area contributed by atoms with Crippen LogP contribution in [0.2, 0.25) is 0 Å². The molecule has 1 unspecified atom stereocenters. The molecule has 2 fully saturated rings. The van der Waals surface area contributed by atoms with Crippen molar-refractivity contribution in [1.29, 1.82) is 0 Å². The molecule has 0 spiro atoms. The van der Waals surface area contributed by atoms with Crippen LogP contribution in [0.4, 0.5) is 0 Å². The molecule has 6 nitrogen and oxygen atoms in total. The second-order valence-corrected chi connectivity index (χ2v) is 7.47. The maximum atomic E-state index is 12.0. The van der Waals surface area contributed by atoms with Crippen LogP contribution in [-0.4, -0.2) is 41.1 Å². The van der Waals surface area contributed by atoms with Crippen LogP contribution in [0.25, 0.3) is 0 Å². The van der Waals surface area contributed by atoms with E-state index in [9.17, 15) is 4.79 Å². The first-order chi connectivity index (χ1) is 11.7. The molecular weight excluding hydrogens is 304 g/mol. The summed E-state index contributed by atoms with van der Waals surface area (Å²) < 4.78 is 5.29. The van der Waals surface area contributed by atoms with Gasteiger partial charge in [0.25, 0.3) is 0 Å². The van der Waals surface area contributed by atoms with E-state index in [4.69, 9.17) is 4.52 Å². The molecule has 1 atom stereocenters. The molecule has 1 aromatic rings. The van der Waals surface area contributed by atoms with Crippen molar-refractivity contribution in [2.24, 2.45) is 5.92 Å². The van der Waals surface area contributed by atoms with Crippen LogP contribution in [0, 0.1) is 5.92 Å². The second-order valence-electron chi connectivity index (χ2n) is 7.47. The number of nitrogens with one attached hydrogen (secondary N) is 1. The summed E-state index contributed by atoms with van der Waals surface area (Å²) >= 11 is 0. The van der Waals surface area contributed by atoms with Crippen molar-refractivity contribution in [3.8, 4) is 0 Å². The molecule has 1 amide bonds. The first-order valence-corrected chi connectivity index (χ1v) is 9.48. The van der Waals surface area contributed by atoms with Gasteiger partial charge in [-0.25, -0.2) is 0 Å². The number of hydrogen-bond donors (Lipinski definition) is 1. The molecule has 1 aromatic heterocycles. The molecule has 0 bridgehead atoms. The van der Waals surface area contributed by atoms with Gasteiger partial charge in [-0.1, -0.05) is 24.4 Å². The number of nitrogens with zero attached hydrogens (tertiary/aromatic N) is 3. The highest BCUT2D eigenvalue weighted by Crippen LogP contribution is 2.30. The van der Waals surface area contributed by atoms with Crippen molar-refractivity contribution < 1.29 is 9.32 Å².